The van der Waals surface area contributed by atoms with Gasteiger partial charge in [0.1, 0.15) is 0 Å². The monoisotopic (exact) mass is 170 g/mol. The Bertz CT molecular complexity index is 219. The highest BCUT2D eigenvalue weighted by Crippen LogP contribution is 2.22. The van der Waals surface area contributed by atoms with Crippen LogP contribution < -0.4 is 5.32 Å². The number of carbonyl (C=O) groups excluding carboxylic acids is 2. The van der Waals surface area contributed by atoms with E-state index in [1.54, 1.807) is 4.90 Å². The largest absolute Gasteiger partial charge is 0.444 e. The van der Waals surface area contributed by atoms with Crippen molar-refractivity contribution >= 4 is 12.5 Å². The SMILES string of the molecule is O=COC1CC[C@@H]2CN1C(=O)N2. The Kier molecular flexibility index (Phi) is 1.64. The van der Waals surface area contributed by atoms with Crippen LogP contribution in [0.1, 0.15) is 12.8 Å². The minimum atomic E-state index is -0.346. The van der Waals surface area contributed by atoms with Crippen molar-refractivity contribution < 1.29 is 14.3 Å². The number of amides is 2. The standard InChI is InChI=1S/C7H10N2O3/c10-4-12-6-2-1-5-3-9(6)7(11)8-5/h4-6H,1-3H2,(H,8,11)/t5-,6?/m1/s1. The van der Waals surface area contributed by atoms with Crippen molar-refractivity contribution in [1.82, 2.24) is 10.2 Å². The molecule has 0 spiro atoms. The molecule has 2 aliphatic heterocycles. The van der Waals surface area contributed by atoms with E-state index in [1.807, 2.05) is 0 Å². The summed E-state index contributed by atoms with van der Waals surface area (Å²) in [7, 11) is 0. The molecule has 0 aromatic rings. The molecule has 2 saturated heterocycles. The Labute approximate surface area is 69.7 Å². The van der Waals surface area contributed by atoms with Crippen LogP contribution in [0, 0.1) is 0 Å². The van der Waals surface area contributed by atoms with Crippen LogP contribution in [0.2, 0.25) is 0 Å². The zero-order chi connectivity index (χ0) is 8.55. The molecule has 2 rings (SSSR count). The second-order valence-electron chi connectivity index (χ2n) is 3.06. The lowest BCUT2D eigenvalue weighted by Gasteiger charge is -2.28. The first kappa shape index (κ1) is 7.39. The van der Waals surface area contributed by atoms with Gasteiger partial charge in [-0.25, -0.2) is 4.79 Å². The number of nitrogens with one attached hydrogen (secondary N) is 1. The van der Waals surface area contributed by atoms with Crippen LogP contribution in [0.3, 0.4) is 0 Å². The summed E-state index contributed by atoms with van der Waals surface area (Å²) >= 11 is 0. The van der Waals surface area contributed by atoms with Crippen molar-refractivity contribution in [2.24, 2.45) is 0 Å². The first-order valence-electron chi connectivity index (χ1n) is 3.97. The number of fused-ring (bicyclic) bond motifs is 2. The zero-order valence-corrected chi connectivity index (χ0v) is 6.53. The summed E-state index contributed by atoms with van der Waals surface area (Å²) in [6.45, 7) is 1.06. The van der Waals surface area contributed by atoms with Crippen LogP contribution in [-0.4, -0.2) is 36.2 Å². The van der Waals surface area contributed by atoms with E-state index >= 15 is 0 Å². The number of urea groups is 1. The molecule has 0 aliphatic carbocycles. The highest BCUT2D eigenvalue weighted by Gasteiger charge is 2.39. The predicted molar refractivity (Wildman–Crippen MR) is 39.2 cm³/mol. The minimum Gasteiger partial charge on any atom is -0.444 e. The third kappa shape index (κ3) is 1.01. The van der Waals surface area contributed by atoms with Crippen LogP contribution in [0.25, 0.3) is 0 Å². The van der Waals surface area contributed by atoms with Gasteiger partial charge in [0.05, 0.1) is 0 Å². The van der Waals surface area contributed by atoms with Gasteiger partial charge in [-0.15, -0.1) is 0 Å². The Morgan fingerprint density at radius 3 is 3.17 bits per heavy atom. The summed E-state index contributed by atoms with van der Waals surface area (Å²) in [6, 6.07) is 0.133. The fourth-order valence-corrected chi connectivity index (χ4v) is 1.74. The van der Waals surface area contributed by atoms with Crippen molar-refractivity contribution in [3.05, 3.63) is 0 Å². The van der Waals surface area contributed by atoms with Crippen molar-refractivity contribution in [3.63, 3.8) is 0 Å². The highest BCUT2D eigenvalue weighted by atomic mass is 16.5. The molecule has 0 radical (unpaired) electrons. The lowest BCUT2D eigenvalue weighted by atomic mass is 10.1. The maximum atomic E-state index is 11.2. The van der Waals surface area contributed by atoms with Crippen molar-refractivity contribution in [3.8, 4) is 0 Å². The van der Waals surface area contributed by atoms with Gasteiger partial charge >= 0.3 is 6.03 Å². The average molecular weight is 170 g/mol. The summed E-state index contributed by atoms with van der Waals surface area (Å²) in [5.41, 5.74) is 0. The molecule has 2 bridgehead atoms. The molecule has 2 heterocycles. The minimum absolute atomic E-state index is 0.121. The van der Waals surface area contributed by atoms with E-state index in [0.29, 0.717) is 13.0 Å². The predicted octanol–water partition coefficient (Wildman–Crippen LogP) is -0.327. The summed E-state index contributed by atoms with van der Waals surface area (Å²) in [5, 5.41) is 2.80. The molecule has 1 unspecified atom stereocenters. The van der Waals surface area contributed by atoms with Gasteiger partial charge in [-0.3, -0.25) is 9.69 Å². The molecule has 5 nitrogen and oxygen atoms in total. The van der Waals surface area contributed by atoms with Crippen LogP contribution in [0.15, 0.2) is 0 Å². The first-order valence-corrected chi connectivity index (χ1v) is 3.97. The van der Waals surface area contributed by atoms with E-state index < -0.39 is 0 Å². The molecule has 2 amide bonds. The molecule has 2 fully saturated rings. The van der Waals surface area contributed by atoms with E-state index in [2.05, 4.69) is 5.32 Å². The molecule has 0 aromatic heterocycles. The van der Waals surface area contributed by atoms with Crippen LogP contribution in [-0.2, 0) is 9.53 Å². The van der Waals surface area contributed by atoms with Crippen molar-refractivity contribution in [1.29, 1.82) is 0 Å². The number of hydrogen-bond acceptors (Lipinski definition) is 3. The second kappa shape index (κ2) is 2.66. The average Bonchev–Trinajstić information content (AvgIpc) is 2.35. The maximum Gasteiger partial charge on any atom is 0.320 e. The third-order valence-electron chi connectivity index (χ3n) is 2.33. The Balaban J connectivity index is 2.07. The molecule has 1 N–H and O–H groups in total. The molecular weight excluding hydrogens is 160 g/mol. The molecule has 0 aromatic carbocycles. The van der Waals surface area contributed by atoms with Gasteiger partial charge in [0.15, 0.2) is 6.23 Å². The third-order valence-corrected chi connectivity index (χ3v) is 2.33. The maximum absolute atomic E-state index is 11.2. The van der Waals surface area contributed by atoms with Crippen molar-refractivity contribution in [2.75, 3.05) is 6.54 Å². The van der Waals surface area contributed by atoms with E-state index in [9.17, 15) is 9.59 Å². The topological polar surface area (TPSA) is 58.6 Å². The fourth-order valence-electron chi connectivity index (χ4n) is 1.74. The van der Waals surface area contributed by atoms with Crippen LogP contribution >= 0.6 is 0 Å². The van der Waals surface area contributed by atoms with Gasteiger partial charge in [-0.1, -0.05) is 0 Å². The molecule has 12 heavy (non-hydrogen) atoms. The summed E-state index contributed by atoms with van der Waals surface area (Å²) in [6.07, 6.45) is 1.28. The second-order valence-corrected chi connectivity index (χ2v) is 3.06. The van der Waals surface area contributed by atoms with E-state index in [-0.39, 0.29) is 18.3 Å². The molecule has 0 saturated carbocycles. The van der Waals surface area contributed by atoms with E-state index in [0.717, 1.165) is 12.8 Å². The highest BCUT2D eigenvalue weighted by molar-refractivity contribution is 5.77. The van der Waals surface area contributed by atoms with Gasteiger partial charge in [0, 0.05) is 19.0 Å². The molecule has 2 atom stereocenters. The zero-order valence-electron chi connectivity index (χ0n) is 6.53. The van der Waals surface area contributed by atoms with Crippen LogP contribution in [0.5, 0.6) is 0 Å². The smallest absolute Gasteiger partial charge is 0.320 e. The number of rotatable bonds is 2. The quantitative estimate of drug-likeness (QED) is 0.577. The Morgan fingerprint density at radius 2 is 2.42 bits per heavy atom. The van der Waals surface area contributed by atoms with E-state index in [1.165, 1.54) is 0 Å². The van der Waals surface area contributed by atoms with Gasteiger partial charge in [-0.2, -0.15) is 0 Å². The van der Waals surface area contributed by atoms with E-state index in [4.69, 9.17) is 4.74 Å². The van der Waals surface area contributed by atoms with Gasteiger partial charge in [0.25, 0.3) is 6.47 Å². The first-order chi connectivity index (χ1) is 5.81. The molecule has 5 heteroatoms. The molecule has 66 valence electrons. The van der Waals surface area contributed by atoms with Gasteiger partial charge in [-0.05, 0) is 6.42 Å². The van der Waals surface area contributed by atoms with Gasteiger partial charge in [0.2, 0.25) is 0 Å². The lowest BCUT2D eigenvalue weighted by Crippen LogP contribution is -2.41. The molecule has 2 aliphatic rings. The molecular formula is C7H10N2O3. The normalized spacial score (nSPS) is 33.0. The Hall–Kier alpha value is -1.26. The number of nitrogens with zero attached hydrogens (tertiary/aromatic N) is 1. The number of piperidine rings is 1. The number of hydrogen-bond donors (Lipinski definition) is 1. The number of carbonyl (C=O) groups is 2. The number of ether oxygens (including phenoxy) is 1. The summed E-state index contributed by atoms with van der Waals surface area (Å²) in [4.78, 5) is 22.8. The van der Waals surface area contributed by atoms with Gasteiger partial charge < -0.3 is 10.1 Å². The summed E-state index contributed by atoms with van der Waals surface area (Å²) < 4.78 is 4.77. The summed E-state index contributed by atoms with van der Waals surface area (Å²) in [5.74, 6) is 0. The van der Waals surface area contributed by atoms with Crippen LogP contribution in [0.4, 0.5) is 4.79 Å². The van der Waals surface area contributed by atoms with Crippen molar-refractivity contribution in [2.45, 2.75) is 25.1 Å². The fraction of sp³-hybridized carbons (Fsp3) is 0.714. The Morgan fingerprint density at radius 1 is 1.58 bits per heavy atom. The lowest BCUT2D eigenvalue weighted by molar-refractivity contribution is -0.141.